The molecule has 1 fully saturated rings. The van der Waals surface area contributed by atoms with Crippen molar-refractivity contribution in [3.8, 4) is 0 Å². The van der Waals surface area contributed by atoms with E-state index in [4.69, 9.17) is 9.15 Å². The third kappa shape index (κ3) is 3.36. The lowest BCUT2D eigenvalue weighted by molar-refractivity contribution is 0.0538. The Hall–Kier alpha value is -0.800. The van der Waals surface area contributed by atoms with Gasteiger partial charge in [0.05, 0.1) is 12.6 Å². The Balaban J connectivity index is 1.74. The van der Waals surface area contributed by atoms with Gasteiger partial charge in [-0.05, 0) is 30.4 Å². The minimum Gasteiger partial charge on any atom is -0.465 e. The van der Waals surface area contributed by atoms with Gasteiger partial charge in [-0.25, -0.2) is 0 Å². The lowest BCUT2D eigenvalue weighted by Gasteiger charge is -2.22. The summed E-state index contributed by atoms with van der Waals surface area (Å²) in [5.74, 6) is 3.35. The van der Waals surface area contributed by atoms with Crippen LogP contribution >= 0.6 is 0 Å². The van der Waals surface area contributed by atoms with E-state index in [2.05, 4.69) is 38.2 Å². The van der Waals surface area contributed by atoms with E-state index in [1.54, 1.807) is 0 Å². The summed E-state index contributed by atoms with van der Waals surface area (Å²) >= 11 is 0. The normalized spacial score (nSPS) is 24.0. The summed E-state index contributed by atoms with van der Waals surface area (Å²) in [5.41, 5.74) is 0. The van der Waals surface area contributed by atoms with E-state index in [0.717, 1.165) is 37.6 Å². The van der Waals surface area contributed by atoms with E-state index in [9.17, 15) is 0 Å². The van der Waals surface area contributed by atoms with Crippen LogP contribution < -0.4 is 5.32 Å². The molecule has 0 aromatic carbocycles. The van der Waals surface area contributed by atoms with Crippen molar-refractivity contribution in [2.45, 2.75) is 46.3 Å². The lowest BCUT2D eigenvalue weighted by Crippen LogP contribution is -2.31. The van der Waals surface area contributed by atoms with Crippen LogP contribution in [0.5, 0.6) is 0 Å². The third-order valence-corrected chi connectivity index (χ3v) is 3.69. The van der Waals surface area contributed by atoms with Crippen molar-refractivity contribution in [1.82, 2.24) is 5.32 Å². The molecule has 0 amide bonds. The molecule has 1 N–H and O–H groups in total. The highest BCUT2D eigenvalue weighted by atomic mass is 16.5. The van der Waals surface area contributed by atoms with Crippen LogP contribution in [-0.2, 0) is 17.7 Å². The van der Waals surface area contributed by atoms with E-state index < -0.39 is 0 Å². The standard InChI is InChI=1S/C15H25NO2/c1-4-13-5-6-14(18-13)10-16-9-12-7-8-17-15(12)11(2)3/h5-6,11-12,15-16H,4,7-10H2,1-3H3/t12-,15-/m1/s1. The largest absolute Gasteiger partial charge is 0.465 e. The van der Waals surface area contributed by atoms with Crippen LogP contribution in [0.4, 0.5) is 0 Å². The van der Waals surface area contributed by atoms with E-state index in [1.165, 1.54) is 6.42 Å². The van der Waals surface area contributed by atoms with Gasteiger partial charge in [0.1, 0.15) is 11.5 Å². The molecule has 0 bridgehead atoms. The smallest absolute Gasteiger partial charge is 0.117 e. The Morgan fingerprint density at radius 2 is 2.11 bits per heavy atom. The quantitative estimate of drug-likeness (QED) is 0.844. The number of hydrogen-bond donors (Lipinski definition) is 1. The minimum absolute atomic E-state index is 0.417. The van der Waals surface area contributed by atoms with Gasteiger partial charge in [-0.1, -0.05) is 20.8 Å². The van der Waals surface area contributed by atoms with E-state index in [0.29, 0.717) is 17.9 Å². The van der Waals surface area contributed by atoms with Crippen LogP contribution in [0.1, 0.15) is 38.7 Å². The van der Waals surface area contributed by atoms with Crippen molar-refractivity contribution in [2.24, 2.45) is 11.8 Å². The molecule has 0 spiro atoms. The fourth-order valence-electron chi connectivity index (χ4n) is 2.70. The van der Waals surface area contributed by atoms with Crippen molar-refractivity contribution in [1.29, 1.82) is 0 Å². The highest BCUT2D eigenvalue weighted by molar-refractivity contribution is 5.06. The number of nitrogens with one attached hydrogen (secondary N) is 1. The van der Waals surface area contributed by atoms with Gasteiger partial charge in [-0.15, -0.1) is 0 Å². The number of furan rings is 1. The molecule has 1 aliphatic heterocycles. The average Bonchev–Trinajstić information content (AvgIpc) is 2.97. The predicted molar refractivity (Wildman–Crippen MR) is 72.5 cm³/mol. The van der Waals surface area contributed by atoms with Gasteiger partial charge in [-0.2, -0.15) is 0 Å². The molecule has 2 heterocycles. The molecule has 1 aromatic rings. The van der Waals surface area contributed by atoms with Gasteiger partial charge in [0.2, 0.25) is 0 Å². The predicted octanol–water partition coefficient (Wildman–Crippen LogP) is 2.99. The molecular weight excluding hydrogens is 226 g/mol. The van der Waals surface area contributed by atoms with E-state index >= 15 is 0 Å². The molecule has 18 heavy (non-hydrogen) atoms. The lowest BCUT2D eigenvalue weighted by atomic mass is 9.93. The van der Waals surface area contributed by atoms with Gasteiger partial charge in [0, 0.05) is 19.6 Å². The Morgan fingerprint density at radius 3 is 2.78 bits per heavy atom. The van der Waals surface area contributed by atoms with Crippen LogP contribution in [0.15, 0.2) is 16.5 Å². The Morgan fingerprint density at radius 1 is 1.33 bits per heavy atom. The maximum absolute atomic E-state index is 5.79. The zero-order valence-electron chi connectivity index (χ0n) is 11.7. The first-order chi connectivity index (χ1) is 8.70. The number of rotatable bonds is 6. The highest BCUT2D eigenvalue weighted by Gasteiger charge is 2.30. The number of ether oxygens (including phenoxy) is 1. The molecule has 0 aliphatic carbocycles. The Kier molecular flexibility index (Phi) is 4.84. The molecule has 102 valence electrons. The summed E-state index contributed by atoms with van der Waals surface area (Å²) in [5, 5.41) is 3.49. The van der Waals surface area contributed by atoms with Crippen LogP contribution in [0.2, 0.25) is 0 Å². The van der Waals surface area contributed by atoms with Gasteiger partial charge in [-0.3, -0.25) is 0 Å². The molecule has 2 rings (SSSR count). The average molecular weight is 251 g/mol. The summed E-state index contributed by atoms with van der Waals surface area (Å²) in [6.07, 6.45) is 2.56. The monoisotopic (exact) mass is 251 g/mol. The fraction of sp³-hybridized carbons (Fsp3) is 0.733. The molecular formula is C15H25NO2. The van der Waals surface area contributed by atoms with Crippen LogP contribution in [0.25, 0.3) is 0 Å². The molecule has 0 radical (unpaired) electrons. The van der Waals surface area contributed by atoms with Gasteiger partial charge in [0.15, 0.2) is 0 Å². The maximum atomic E-state index is 5.79. The first-order valence-corrected chi connectivity index (χ1v) is 7.10. The molecule has 0 saturated carbocycles. The van der Waals surface area contributed by atoms with Crippen molar-refractivity contribution >= 4 is 0 Å². The first-order valence-electron chi connectivity index (χ1n) is 7.10. The molecule has 3 nitrogen and oxygen atoms in total. The zero-order chi connectivity index (χ0) is 13.0. The topological polar surface area (TPSA) is 34.4 Å². The van der Waals surface area contributed by atoms with Crippen LogP contribution in [0, 0.1) is 11.8 Å². The summed E-state index contributed by atoms with van der Waals surface area (Å²) in [6.45, 7) is 9.34. The van der Waals surface area contributed by atoms with Gasteiger partial charge in [0.25, 0.3) is 0 Å². The van der Waals surface area contributed by atoms with E-state index in [1.807, 2.05) is 0 Å². The molecule has 1 aliphatic rings. The SMILES string of the molecule is CCc1ccc(CNC[C@H]2CCO[C@@H]2C(C)C)o1. The highest BCUT2D eigenvalue weighted by Crippen LogP contribution is 2.26. The maximum Gasteiger partial charge on any atom is 0.117 e. The van der Waals surface area contributed by atoms with Crippen molar-refractivity contribution in [3.63, 3.8) is 0 Å². The number of hydrogen-bond acceptors (Lipinski definition) is 3. The molecule has 0 unspecified atom stereocenters. The van der Waals surface area contributed by atoms with Crippen molar-refractivity contribution in [2.75, 3.05) is 13.2 Å². The molecule has 1 aromatic heterocycles. The second-order valence-electron chi connectivity index (χ2n) is 5.48. The molecule has 3 heteroatoms. The Bertz CT molecular complexity index is 359. The minimum atomic E-state index is 0.417. The molecule has 1 saturated heterocycles. The molecule has 2 atom stereocenters. The van der Waals surface area contributed by atoms with Crippen LogP contribution in [-0.4, -0.2) is 19.3 Å². The van der Waals surface area contributed by atoms with Gasteiger partial charge >= 0.3 is 0 Å². The summed E-state index contributed by atoms with van der Waals surface area (Å²) in [6, 6.07) is 4.13. The second kappa shape index (κ2) is 6.39. The number of aryl methyl sites for hydroxylation is 1. The summed E-state index contributed by atoms with van der Waals surface area (Å²) < 4.78 is 11.5. The van der Waals surface area contributed by atoms with Crippen LogP contribution in [0.3, 0.4) is 0 Å². The Labute approximate surface area is 110 Å². The van der Waals surface area contributed by atoms with Gasteiger partial charge < -0.3 is 14.5 Å². The van der Waals surface area contributed by atoms with Crippen molar-refractivity contribution in [3.05, 3.63) is 23.7 Å². The zero-order valence-corrected chi connectivity index (χ0v) is 11.7. The summed E-state index contributed by atoms with van der Waals surface area (Å²) in [7, 11) is 0. The van der Waals surface area contributed by atoms with E-state index in [-0.39, 0.29) is 0 Å². The second-order valence-corrected chi connectivity index (χ2v) is 5.48. The first kappa shape index (κ1) is 13.6. The van der Waals surface area contributed by atoms with Crippen molar-refractivity contribution < 1.29 is 9.15 Å². The summed E-state index contributed by atoms with van der Waals surface area (Å²) in [4.78, 5) is 0. The fourth-order valence-corrected chi connectivity index (χ4v) is 2.70. The third-order valence-electron chi connectivity index (χ3n) is 3.69.